The molecule has 0 atom stereocenters. The monoisotopic (exact) mass is 320 g/mol. The van der Waals surface area contributed by atoms with Gasteiger partial charge in [-0.2, -0.15) is 0 Å². The highest BCUT2D eigenvalue weighted by molar-refractivity contribution is 5.94. The molecule has 1 fully saturated rings. The fraction of sp³-hybridized carbons (Fsp3) is 0.647. The van der Waals surface area contributed by atoms with Crippen molar-refractivity contribution in [2.24, 2.45) is 0 Å². The minimum atomic E-state index is -0.0280. The maximum atomic E-state index is 12.1. The first kappa shape index (κ1) is 17.7. The average molecular weight is 320 g/mol. The predicted molar refractivity (Wildman–Crippen MR) is 91.8 cm³/mol. The number of nitrogens with one attached hydrogen (secondary N) is 2. The van der Waals surface area contributed by atoms with Crippen LogP contribution in [0.2, 0.25) is 0 Å². The van der Waals surface area contributed by atoms with Gasteiger partial charge in [0.2, 0.25) is 0 Å². The number of ether oxygens (including phenoxy) is 1. The van der Waals surface area contributed by atoms with Crippen molar-refractivity contribution in [2.75, 3.05) is 51.3 Å². The van der Waals surface area contributed by atoms with Crippen molar-refractivity contribution in [3.8, 4) is 0 Å². The molecular weight excluding hydrogens is 292 g/mol. The van der Waals surface area contributed by atoms with Crippen molar-refractivity contribution in [3.63, 3.8) is 0 Å². The van der Waals surface area contributed by atoms with Gasteiger partial charge in [-0.1, -0.05) is 19.8 Å². The van der Waals surface area contributed by atoms with E-state index in [0.29, 0.717) is 5.56 Å². The Kier molecular flexibility index (Phi) is 7.83. The van der Waals surface area contributed by atoms with Crippen molar-refractivity contribution in [2.45, 2.75) is 26.2 Å². The standard InChI is InChI=1S/C17H28N4O2/c1-2-3-4-6-20-17(22)15-5-7-18-16(14-15)19-8-9-21-10-12-23-13-11-21/h5,7,14H,2-4,6,8-13H2,1H3,(H,18,19)(H,20,22). The Balaban J connectivity index is 1.73. The molecule has 6 nitrogen and oxygen atoms in total. The molecule has 0 aliphatic carbocycles. The second-order valence-corrected chi connectivity index (χ2v) is 5.77. The summed E-state index contributed by atoms with van der Waals surface area (Å²) in [5, 5.41) is 6.24. The molecule has 1 aliphatic rings. The normalized spacial score (nSPS) is 15.3. The fourth-order valence-electron chi connectivity index (χ4n) is 2.51. The zero-order valence-corrected chi connectivity index (χ0v) is 14.0. The highest BCUT2D eigenvalue weighted by atomic mass is 16.5. The molecule has 0 aromatic carbocycles. The van der Waals surface area contributed by atoms with Gasteiger partial charge < -0.3 is 15.4 Å². The predicted octanol–water partition coefficient (Wildman–Crippen LogP) is 1.75. The maximum Gasteiger partial charge on any atom is 0.251 e. The molecule has 2 heterocycles. The lowest BCUT2D eigenvalue weighted by Gasteiger charge is -2.26. The van der Waals surface area contributed by atoms with E-state index in [0.717, 1.165) is 71.0 Å². The third-order valence-corrected chi connectivity index (χ3v) is 3.93. The molecule has 23 heavy (non-hydrogen) atoms. The van der Waals surface area contributed by atoms with Gasteiger partial charge in [0.05, 0.1) is 13.2 Å². The summed E-state index contributed by atoms with van der Waals surface area (Å²) >= 11 is 0. The number of carbonyl (C=O) groups excluding carboxylic acids is 1. The molecule has 0 saturated carbocycles. The van der Waals surface area contributed by atoms with E-state index in [1.54, 1.807) is 12.3 Å². The molecule has 0 radical (unpaired) electrons. The molecule has 1 saturated heterocycles. The zero-order chi connectivity index (χ0) is 16.3. The molecular formula is C17H28N4O2. The van der Waals surface area contributed by atoms with E-state index in [1.165, 1.54) is 0 Å². The molecule has 2 N–H and O–H groups in total. The summed E-state index contributed by atoms with van der Waals surface area (Å²) < 4.78 is 5.33. The molecule has 0 spiro atoms. The van der Waals surface area contributed by atoms with Crippen LogP contribution in [0.4, 0.5) is 5.82 Å². The van der Waals surface area contributed by atoms with Crippen LogP contribution in [0.25, 0.3) is 0 Å². The summed E-state index contributed by atoms with van der Waals surface area (Å²) in [5.41, 5.74) is 0.658. The number of hydrogen-bond donors (Lipinski definition) is 2. The summed E-state index contributed by atoms with van der Waals surface area (Å²) in [7, 11) is 0. The lowest BCUT2D eigenvalue weighted by molar-refractivity contribution is 0.0398. The van der Waals surface area contributed by atoms with Gasteiger partial charge in [0.25, 0.3) is 5.91 Å². The first-order valence-electron chi connectivity index (χ1n) is 8.58. The molecule has 0 bridgehead atoms. The second-order valence-electron chi connectivity index (χ2n) is 5.77. The molecule has 128 valence electrons. The van der Waals surface area contributed by atoms with Crippen molar-refractivity contribution in [1.82, 2.24) is 15.2 Å². The third kappa shape index (κ3) is 6.54. The lowest BCUT2D eigenvalue weighted by Crippen LogP contribution is -2.39. The summed E-state index contributed by atoms with van der Waals surface area (Å²) in [6.45, 7) is 8.24. The van der Waals surface area contributed by atoms with Crippen LogP contribution in [-0.2, 0) is 4.74 Å². The smallest absolute Gasteiger partial charge is 0.251 e. The Morgan fingerprint density at radius 1 is 1.30 bits per heavy atom. The number of rotatable bonds is 9. The van der Waals surface area contributed by atoms with Crippen LogP contribution in [0.1, 0.15) is 36.5 Å². The summed E-state index contributed by atoms with van der Waals surface area (Å²) in [6.07, 6.45) is 5.00. The SMILES string of the molecule is CCCCCNC(=O)c1ccnc(NCCN2CCOCC2)c1. The van der Waals surface area contributed by atoms with Gasteiger partial charge >= 0.3 is 0 Å². The van der Waals surface area contributed by atoms with E-state index in [-0.39, 0.29) is 5.91 Å². The summed E-state index contributed by atoms with van der Waals surface area (Å²) in [6, 6.07) is 3.57. The molecule has 2 rings (SSSR count). The Hall–Kier alpha value is -1.66. The second kappa shape index (κ2) is 10.2. The molecule has 1 aliphatic heterocycles. The Labute approximate surface area is 138 Å². The van der Waals surface area contributed by atoms with Gasteiger partial charge in [0.1, 0.15) is 5.82 Å². The Bertz CT molecular complexity index is 475. The topological polar surface area (TPSA) is 66.5 Å². The number of hydrogen-bond acceptors (Lipinski definition) is 5. The highest BCUT2D eigenvalue weighted by Crippen LogP contribution is 2.07. The summed E-state index contributed by atoms with van der Waals surface area (Å²) in [5.74, 6) is 0.721. The molecule has 1 amide bonds. The minimum absolute atomic E-state index is 0.0280. The van der Waals surface area contributed by atoms with E-state index in [2.05, 4.69) is 27.4 Å². The van der Waals surface area contributed by atoms with Gasteiger partial charge in [-0.3, -0.25) is 9.69 Å². The van der Waals surface area contributed by atoms with E-state index < -0.39 is 0 Å². The average Bonchev–Trinajstić information content (AvgIpc) is 2.60. The van der Waals surface area contributed by atoms with Crippen molar-refractivity contribution in [1.29, 1.82) is 0 Å². The first-order valence-corrected chi connectivity index (χ1v) is 8.58. The quantitative estimate of drug-likeness (QED) is 0.679. The van der Waals surface area contributed by atoms with Crippen molar-refractivity contribution < 1.29 is 9.53 Å². The number of pyridine rings is 1. The van der Waals surface area contributed by atoms with Crippen LogP contribution in [0, 0.1) is 0 Å². The number of carbonyl (C=O) groups is 1. The van der Waals surface area contributed by atoms with Crippen LogP contribution in [0.5, 0.6) is 0 Å². The zero-order valence-electron chi connectivity index (χ0n) is 14.0. The van der Waals surface area contributed by atoms with Crippen LogP contribution >= 0.6 is 0 Å². The molecule has 1 aromatic heterocycles. The van der Waals surface area contributed by atoms with Crippen molar-refractivity contribution >= 4 is 11.7 Å². The van der Waals surface area contributed by atoms with Crippen LogP contribution < -0.4 is 10.6 Å². The lowest BCUT2D eigenvalue weighted by atomic mass is 10.2. The van der Waals surface area contributed by atoms with Crippen LogP contribution in [0.3, 0.4) is 0 Å². The van der Waals surface area contributed by atoms with E-state index in [9.17, 15) is 4.79 Å². The molecule has 6 heteroatoms. The highest BCUT2D eigenvalue weighted by Gasteiger charge is 2.10. The van der Waals surface area contributed by atoms with E-state index >= 15 is 0 Å². The van der Waals surface area contributed by atoms with Crippen molar-refractivity contribution in [3.05, 3.63) is 23.9 Å². The fourth-order valence-corrected chi connectivity index (χ4v) is 2.51. The third-order valence-electron chi connectivity index (χ3n) is 3.93. The number of morpholine rings is 1. The van der Waals surface area contributed by atoms with Crippen LogP contribution in [-0.4, -0.2) is 61.7 Å². The summed E-state index contributed by atoms with van der Waals surface area (Å²) in [4.78, 5) is 18.7. The number of amides is 1. The van der Waals surface area contributed by atoms with Gasteiger partial charge in [-0.25, -0.2) is 4.98 Å². The largest absolute Gasteiger partial charge is 0.379 e. The number of anilines is 1. The first-order chi connectivity index (χ1) is 11.3. The minimum Gasteiger partial charge on any atom is -0.379 e. The van der Waals surface area contributed by atoms with Gasteiger partial charge in [0, 0.05) is 44.5 Å². The Morgan fingerprint density at radius 3 is 2.91 bits per heavy atom. The van der Waals surface area contributed by atoms with E-state index in [4.69, 9.17) is 4.74 Å². The van der Waals surface area contributed by atoms with Gasteiger partial charge in [0.15, 0.2) is 0 Å². The molecule has 1 aromatic rings. The Morgan fingerprint density at radius 2 is 2.13 bits per heavy atom. The maximum absolute atomic E-state index is 12.1. The van der Waals surface area contributed by atoms with E-state index in [1.807, 2.05) is 6.07 Å². The molecule has 0 unspecified atom stereocenters. The van der Waals surface area contributed by atoms with Crippen LogP contribution in [0.15, 0.2) is 18.3 Å². The van der Waals surface area contributed by atoms with Gasteiger partial charge in [-0.05, 0) is 18.6 Å². The number of nitrogens with zero attached hydrogens (tertiary/aromatic N) is 2. The van der Waals surface area contributed by atoms with Gasteiger partial charge in [-0.15, -0.1) is 0 Å². The number of unbranched alkanes of at least 4 members (excludes halogenated alkanes) is 2. The number of aromatic nitrogens is 1.